The van der Waals surface area contributed by atoms with Crippen LogP contribution in [-0.2, 0) is 16.6 Å². The molecule has 0 bridgehead atoms. The first-order chi connectivity index (χ1) is 10.3. The highest BCUT2D eigenvalue weighted by Crippen LogP contribution is 2.18. The van der Waals surface area contributed by atoms with Gasteiger partial charge < -0.3 is 5.32 Å². The van der Waals surface area contributed by atoms with Crippen LogP contribution in [0, 0.1) is 6.92 Å². The number of nitrogens with one attached hydrogen (secondary N) is 2. The summed E-state index contributed by atoms with van der Waals surface area (Å²) in [5.41, 5.74) is 2.42. The lowest BCUT2D eigenvalue weighted by molar-refractivity contribution is 0.0951. The van der Waals surface area contributed by atoms with Gasteiger partial charge in [0.2, 0.25) is 10.0 Å². The van der Waals surface area contributed by atoms with E-state index in [-0.39, 0.29) is 5.91 Å². The number of amides is 1. The lowest BCUT2D eigenvalue weighted by Crippen LogP contribution is -2.23. The van der Waals surface area contributed by atoms with Gasteiger partial charge in [-0.15, -0.1) is 0 Å². The van der Waals surface area contributed by atoms with Crippen molar-refractivity contribution in [3.8, 4) is 0 Å². The first-order valence-electron chi connectivity index (χ1n) is 6.61. The Hall–Kier alpha value is -2.41. The Bertz CT molecular complexity index is 774. The molecule has 6 nitrogen and oxygen atoms in total. The molecule has 1 amide bonds. The van der Waals surface area contributed by atoms with Crippen molar-refractivity contribution < 1.29 is 13.2 Å². The van der Waals surface area contributed by atoms with Crippen LogP contribution in [-0.4, -0.2) is 25.6 Å². The molecule has 22 heavy (non-hydrogen) atoms. The van der Waals surface area contributed by atoms with Crippen molar-refractivity contribution in [1.29, 1.82) is 0 Å². The van der Waals surface area contributed by atoms with E-state index in [9.17, 15) is 13.2 Å². The Labute approximate surface area is 129 Å². The van der Waals surface area contributed by atoms with E-state index in [1.54, 1.807) is 37.5 Å². The zero-order valence-corrected chi connectivity index (χ0v) is 13.1. The van der Waals surface area contributed by atoms with Crippen LogP contribution >= 0.6 is 0 Å². The van der Waals surface area contributed by atoms with Gasteiger partial charge in [-0.2, -0.15) is 0 Å². The molecule has 0 radical (unpaired) electrons. The molecule has 0 spiro atoms. The lowest BCUT2D eigenvalue weighted by atomic mass is 10.1. The van der Waals surface area contributed by atoms with E-state index in [0.29, 0.717) is 17.8 Å². The smallest absolute Gasteiger partial charge is 0.251 e. The van der Waals surface area contributed by atoms with Gasteiger partial charge in [0.25, 0.3) is 5.91 Å². The van der Waals surface area contributed by atoms with Crippen molar-refractivity contribution in [3.63, 3.8) is 0 Å². The van der Waals surface area contributed by atoms with Crippen molar-refractivity contribution in [1.82, 2.24) is 10.3 Å². The van der Waals surface area contributed by atoms with Crippen molar-refractivity contribution in [2.45, 2.75) is 13.5 Å². The summed E-state index contributed by atoms with van der Waals surface area (Å²) in [5, 5.41) is 2.77. The van der Waals surface area contributed by atoms with Crippen LogP contribution in [0.25, 0.3) is 0 Å². The van der Waals surface area contributed by atoms with E-state index >= 15 is 0 Å². The van der Waals surface area contributed by atoms with Gasteiger partial charge in [-0.3, -0.25) is 14.5 Å². The van der Waals surface area contributed by atoms with E-state index in [0.717, 1.165) is 17.4 Å². The minimum atomic E-state index is -3.39. The summed E-state index contributed by atoms with van der Waals surface area (Å²) in [7, 11) is -3.39. The van der Waals surface area contributed by atoms with Gasteiger partial charge >= 0.3 is 0 Å². The van der Waals surface area contributed by atoms with Crippen molar-refractivity contribution >= 4 is 21.6 Å². The molecule has 0 aliphatic heterocycles. The maximum Gasteiger partial charge on any atom is 0.251 e. The van der Waals surface area contributed by atoms with Crippen LogP contribution in [0.4, 0.5) is 5.69 Å². The normalized spacial score (nSPS) is 11.0. The zero-order valence-electron chi connectivity index (χ0n) is 12.3. The molecular formula is C15H17N3O3S. The van der Waals surface area contributed by atoms with Crippen molar-refractivity contribution in [2.75, 3.05) is 11.0 Å². The molecule has 1 heterocycles. The number of sulfonamides is 1. The first kappa shape index (κ1) is 16.0. The topological polar surface area (TPSA) is 88.2 Å². The van der Waals surface area contributed by atoms with Crippen LogP contribution in [0.3, 0.4) is 0 Å². The maximum absolute atomic E-state index is 12.1. The monoisotopic (exact) mass is 319 g/mol. The van der Waals surface area contributed by atoms with E-state index in [1.807, 2.05) is 6.07 Å². The van der Waals surface area contributed by atoms with Gasteiger partial charge in [0.05, 0.1) is 11.9 Å². The molecule has 0 atom stereocenters. The molecule has 0 saturated heterocycles. The van der Waals surface area contributed by atoms with Gasteiger partial charge in [-0.25, -0.2) is 8.42 Å². The standard InChI is InChI=1S/C15H17N3O3S/c1-11-5-6-13(8-14(11)18-22(2,20)21)15(19)17-10-12-4-3-7-16-9-12/h3-9,18H,10H2,1-2H3,(H,17,19). The van der Waals surface area contributed by atoms with Gasteiger partial charge in [-0.1, -0.05) is 12.1 Å². The predicted molar refractivity (Wildman–Crippen MR) is 85.1 cm³/mol. The summed E-state index contributed by atoms with van der Waals surface area (Å²) in [6.45, 7) is 2.13. The van der Waals surface area contributed by atoms with Crippen LogP contribution in [0.15, 0.2) is 42.7 Å². The molecule has 116 valence electrons. The fraction of sp³-hybridized carbons (Fsp3) is 0.200. The van der Waals surface area contributed by atoms with E-state index in [2.05, 4.69) is 15.0 Å². The zero-order chi connectivity index (χ0) is 16.2. The number of benzene rings is 1. The molecule has 0 fully saturated rings. The number of aromatic nitrogens is 1. The highest BCUT2D eigenvalue weighted by Gasteiger charge is 2.10. The van der Waals surface area contributed by atoms with Crippen LogP contribution in [0.1, 0.15) is 21.5 Å². The second-order valence-electron chi connectivity index (χ2n) is 4.95. The number of anilines is 1. The molecule has 0 aliphatic carbocycles. The summed E-state index contributed by atoms with van der Waals surface area (Å²) in [4.78, 5) is 16.1. The molecule has 2 aromatic rings. The fourth-order valence-corrected chi connectivity index (χ4v) is 2.48. The lowest BCUT2D eigenvalue weighted by Gasteiger charge is -2.10. The second-order valence-corrected chi connectivity index (χ2v) is 6.70. The SMILES string of the molecule is Cc1ccc(C(=O)NCc2cccnc2)cc1NS(C)(=O)=O. The van der Waals surface area contributed by atoms with Crippen molar-refractivity contribution in [2.24, 2.45) is 0 Å². The minimum absolute atomic E-state index is 0.277. The highest BCUT2D eigenvalue weighted by atomic mass is 32.2. The molecule has 2 rings (SSSR count). The van der Waals surface area contributed by atoms with Crippen LogP contribution < -0.4 is 10.0 Å². The third-order valence-electron chi connectivity index (χ3n) is 2.97. The van der Waals surface area contributed by atoms with Gasteiger partial charge in [-0.05, 0) is 36.2 Å². The number of hydrogen-bond acceptors (Lipinski definition) is 4. The minimum Gasteiger partial charge on any atom is -0.348 e. The Morgan fingerprint density at radius 2 is 2.05 bits per heavy atom. The summed E-state index contributed by atoms with van der Waals surface area (Å²) in [5.74, 6) is -0.277. The number of pyridine rings is 1. The Morgan fingerprint density at radius 1 is 1.27 bits per heavy atom. The third-order valence-corrected chi connectivity index (χ3v) is 3.56. The Balaban J connectivity index is 2.11. The summed E-state index contributed by atoms with van der Waals surface area (Å²) in [6, 6.07) is 8.53. The molecule has 2 N–H and O–H groups in total. The molecule has 1 aromatic carbocycles. The van der Waals surface area contributed by atoms with Gasteiger partial charge in [0.15, 0.2) is 0 Å². The van der Waals surface area contributed by atoms with Gasteiger partial charge in [0.1, 0.15) is 0 Å². The van der Waals surface area contributed by atoms with Crippen LogP contribution in [0.2, 0.25) is 0 Å². The number of nitrogens with zero attached hydrogens (tertiary/aromatic N) is 1. The fourth-order valence-electron chi connectivity index (χ4n) is 1.86. The average molecular weight is 319 g/mol. The molecule has 0 saturated carbocycles. The highest BCUT2D eigenvalue weighted by molar-refractivity contribution is 7.92. The number of hydrogen-bond donors (Lipinski definition) is 2. The number of rotatable bonds is 5. The third kappa shape index (κ3) is 4.56. The Kier molecular flexibility index (Phi) is 4.77. The predicted octanol–water partition coefficient (Wildman–Crippen LogP) is 1.69. The van der Waals surface area contributed by atoms with E-state index in [4.69, 9.17) is 0 Å². The first-order valence-corrected chi connectivity index (χ1v) is 8.50. The van der Waals surface area contributed by atoms with Crippen LogP contribution in [0.5, 0.6) is 0 Å². The van der Waals surface area contributed by atoms with E-state index in [1.165, 1.54) is 6.07 Å². The molecule has 0 aliphatic rings. The molecular weight excluding hydrogens is 302 g/mol. The maximum atomic E-state index is 12.1. The summed E-state index contributed by atoms with van der Waals surface area (Å²) >= 11 is 0. The largest absolute Gasteiger partial charge is 0.348 e. The average Bonchev–Trinajstić information content (AvgIpc) is 2.47. The quantitative estimate of drug-likeness (QED) is 0.878. The van der Waals surface area contributed by atoms with Crippen molar-refractivity contribution in [3.05, 3.63) is 59.4 Å². The second kappa shape index (κ2) is 6.57. The van der Waals surface area contributed by atoms with Gasteiger partial charge in [0, 0.05) is 24.5 Å². The summed E-state index contributed by atoms with van der Waals surface area (Å²) in [6.07, 6.45) is 4.40. The molecule has 0 unspecified atom stereocenters. The number of carbonyl (C=O) groups excluding carboxylic acids is 1. The number of carbonyl (C=O) groups is 1. The summed E-state index contributed by atoms with van der Waals surface area (Å²) < 4.78 is 25.1. The Morgan fingerprint density at radius 3 is 2.68 bits per heavy atom. The molecule has 7 heteroatoms. The molecule has 1 aromatic heterocycles. The number of aryl methyl sites for hydroxylation is 1. The van der Waals surface area contributed by atoms with E-state index < -0.39 is 10.0 Å².